The van der Waals surface area contributed by atoms with Crippen LogP contribution in [0.5, 0.6) is 5.88 Å². The predicted molar refractivity (Wildman–Crippen MR) is 75.7 cm³/mol. The van der Waals surface area contributed by atoms with Gasteiger partial charge >= 0.3 is 0 Å². The van der Waals surface area contributed by atoms with Gasteiger partial charge in [0.2, 0.25) is 11.0 Å². The highest BCUT2D eigenvalue weighted by Gasteiger charge is 2.07. The molecular weight excluding hydrogens is 262 g/mol. The first-order valence-corrected chi connectivity index (χ1v) is 6.02. The predicted octanol–water partition coefficient (Wildman–Crippen LogP) is 2.05. The molecule has 0 spiro atoms. The van der Waals surface area contributed by atoms with Gasteiger partial charge in [-0.25, -0.2) is 9.97 Å². The van der Waals surface area contributed by atoms with Gasteiger partial charge in [0.25, 0.3) is 0 Å². The molecule has 0 N–H and O–H groups in total. The van der Waals surface area contributed by atoms with Gasteiger partial charge in [0.05, 0.1) is 24.8 Å². The van der Waals surface area contributed by atoms with Crippen LogP contribution < -0.4 is 4.74 Å². The van der Waals surface area contributed by atoms with Gasteiger partial charge in [-0.05, 0) is 31.2 Å². The van der Waals surface area contributed by atoms with E-state index in [1.807, 2.05) is 23.8 Å². The quantitative estimate of drug-likeness (QED) is 0.685. The summed E-state index contributed by atoms with van der Waals surface area (Å²) in [5.74, 6) is 0.464. The van der Waals surface area contributed by atoms with Crippen molar-refractivity contribution in [2.75, 3.05) is 7.11 Å². The number of aromatic nitrogens is 3. The van der Waals surface area contributed by atoms with Gasteiger partial charge in [-0.1, -0.05) is 0 Å². The Morgan fingerprint density at radius 2 is 2.26 bits per heavy atom. The summed E-state index contributed by atoms with van der Waals surface area (Å²) in [7, 11) is 1.55. The van der Waals surface area contributed by atoms with Gasteiger partial charge in [0.1, 0.15) is 5.69 Å². The van der Waals surface area contributed by atoms with E-state index in [1.165, 1.54) is 6.08 Å². The van der Waals surface area contributed by atoms with Crippen molar-refractivity contribution in [3.8, 4) is 11.6 Å². The Balaban J connectivity index is 2.39. The lowest BCUT2D eigenvalue weighted by Crippen LogP contribution is -1.99. The minimum absolute atomic E-state index is 0.324. The molecule has 2 aromatic heterocycles. The largest absolute Gasteiger partial charge is 0.479 e. The lowest BCUT2D eigenvalue weighted by molar-refractivity contribution is -0.106. The first-order valence-electron chi connectivity index (χ1n) is 5.57. The van der Waals surface area contributed by atoms with Crippen molar-refractivity contribution >= 4 is 23.8 Å². The van der Waals surface area contributed by atoms with Crippen molar-refractivity contribution in [1.29, 1.82) is 0 Å². The smallest absolute Gasteiger partial charge is 0.238 e. The second kappa shape index (κ2) is 5.71. The minimum Gasteiger partial charge on any atom is -0.479 e. The summed E-state index contributed by atoms with van der Waals surface area (Å²) in [5, 5.41) is -0.324. The minimum atomic E-state index is -0.324. The van der Waals surface area contributed by atoms with Gasteiger partial charge < -0.3 is 9.30 Å². The Labute approximate surface area is 116 Å². The highest BCUT2D eigenvalue weighted by atomic mass is 32.1. The third-order valence-electron chi connectivity index (χ3n) is 2.44. The molecule has 0 aliphatic carbocycles. The van der Waals surface area contributed by atoms with Crippen molar-refractivity contribution in [2.45, 2.75) is 6.92 Å². The van der Waals surface area contributed by atoms with E-state index in [9.17, 15) is 4.79 Å². The normalized spacial score (nSPS) is 10.9. The number of pyridine rings is 1. The fraction of sp³-hybridized carbons (Fsp3) is 0.154. The number of ether oxygens (including phenoxy) is 1. The molecule has 2 heterocycles. The topological polar surface area (TPSA) is 57.0 Å². The van der Waals surface area contributed by atoms with Crippen molar-refractivity contribution < 1.29 is 9.53 Å². The van der Waals surface area contributed by atoms with Gasteiger partial charge in [-0.15, -0.1) is 12.6 Å². The maximum absolute atomic E-state index is 10.8. The van der Waals surface area contributed by atoms with Crippen LogP contribution in [0.25, 0.3) is 11.8 Å². The van der Waals surface area contributed by atoms with Crippen molar-refractivity contribution in [3.05, 3.63) is 42.1 Å². The number of carbonyl (C=O) groups is 1. The van der Waals surface area contributed by atoms with E-state index >= 15 is 0 Å². The van der Waals surface area contributed by atoms with Crippen LogP contribution in [0.1, 0.15) is 11.4 Å². The Morgan fingerprint density at radius 3 is 2.84 bits per heavy atom. The van der Waals surface area contributed by atoms with Crippen LogP contribution in [0.4, 0.5) is 0 Å². The number of carbonyl (C=O) groups excluding carboxylic acids is 1. The van der Waals surface area contributed by atoms with E-state index in [1.54, 1.807) is 25.6 Å². The van der Waals surface area contributed by atoms with E-state index in [0.717, 1.165) is 11.4 Å². The van der Waals surface area contributed by atoms with Gasteiger partial charge in [0, 0.05) is 6.20 Å². The van der Waals surface area contributed by atoms with Crippen LogP contribution in [0, 0.1) is 6.92 Å². The Kier molecular flexibility index (Phi) is 4.01. The van der Waals surface area contributed by atoms with Crippen molar-refractivity contribution in [3.63, 3.8) is 0 Å². The monoisotopic (exact) mass is 275 g/mol. The maximum atomic E-state index is 10.8. The molecule has 19 heavy (non-hydrogen) atoms. The van der Waals surface area contributed by atoms with Crippen molar-refractivity contribution in [1.82, 2.24) is 14.5 Å². The molecule has 2 rings (SSSR count). The summed E-state index contributed by atoms with van der Waals surface area (Å²) in [6, 6.07) is 3.65. The molecular formula is C13H13N3O2S. The maximum Gasteiger partial charge on any atom is 0.238 e. The summed E-state index contributed by atoms with van der Waals surface area (Å²) < 4.78 is 7.09. The summed E-state index contributed by atoms with van der Waals surface area (Å²) in [6.45, 7) is 1.91. The van der Waals surface area contributed by atoms with E-state index in [0.29, 0.717) is 11.6 Å². The molecule has 0 unspecified atom stereocenters. The SMILES string of the molecule is COc1nc(/C=C/C(=O)S)ccc1-n1cnc(C)c1. The molecule has 5 nitrogen and oxygen atoms in total. The second-order valence-electron chi connectivity index (χ2n) is 3.86. The number of nitrogens with zero attached hydrogens (tertiary/aromatic N) is 3. The molecule has 0 aliphatic heterocycles. The fourth-order valence-electron chi connectivity index (χ4n) is 1.60. The van der Waals surface area contributed by atoms with Gasteiger partial charge in [-0.3, -0.25) is 4.79 Å². The van der Waals surface area contributed by atoms with Crippen LogP contribution in [-0.4, -0.2) is 26.8 Å². The lowest BCUT2D eigenvalue weighted by Gasteiger charge is -2.08. The Morgan fingerprint density at radius 1 is 1.47 bits per heavy atom. The summed E-state index contributed by atoms with van der Waals surface area (Å²) in [6.07, 6.45) is 6.50. The lowest BCUT2D eigenvalue weighted by atomic mass is 10.3. The second-order valence-corrected chi connectivity index (χ2v) is 4.30. The molecule has 0 bridgehead atoms. The van der Waals surface area contributed by atoms with Crippen molar-refractivity contribution in [2.24, 2.45) is 0 Å². The third-order valence-corrected chi connectivity index (χ3v) is 2.59. The summed E-state index contributed by atoms with van der Waals surface area (Å²) in [4.78, 5) is 19.2. The van der Waals surface area contributed by atoms with Crippen LogP contribution >= 0.6 is 12.6 Å². The van der Waals surface area contributed by atoms with Crippen LogP contribution in [0.3, 0.4) is 0 Å². The number of aryl methyl sites for hydroxylation is 1. The highest BCUT2D eigenvalue weighted by molar-refractivity contribution is 7.97. The first kappa shape index (κ1) is 13.4. The Hall–Kier alpha value is -2.08. The number of methoxy groups -OCH3 is 1. The fourth-order valence-corrected chi connectivity index (χ4v) is 1.67. The molecule has 0 atom stereocenters. The number of rotatable bonds is 4. The number of thiol groups is 1. The van der Waals surface area contributed by atoms with Gasteiger partial charge in [-0.2, -0.15) is 0 Å². The standard InChI is InChI=1S/C13H13N3O2S/c1-9-7-16(8-14-9)11-5-3-10(4-6-12(17)19)15-13(11)18-2/h3-8H,1-2H3,(H,17,19)/b6-4+. The van der Waals surface area contributed by atoms with Gasteiger partial charge in [0.15, 0.2) is 0 Å². The zero-order chi connectivity index (χ0) is 13.8. The third kappa shape index (κ3) is 3.23. The molecule has 0 radical (unpaired) electrons. The molecule has 0 amide bonds. The van der Waals surface area contributed by atoms with E-state index < -0.39 is 0 Å². The number of hydrogen-bond donors (Lipinski definition) is 1. The highest BCUT2D eigenvalue weighted by Crippen LogP contribution is 2.21. The van der Waals surface area contributed by atoms with E-state index in [2.05, 4.69) is 22.6 Å². The average molecular weight is 275 g/mol. The number of hydrogen-bond acceptors (Lipinski definition) is 4. The molecule has 0 fully saturated rings. The summed E-state index contributed by atoms with van der Waals surface area (Å²) in [5.41, 5.74) is 2.32. The van der Waals surface area contributed by atoms with E-state index in [-0.39, 0.29) is 5.12 Å². The molecule has 0 saturated heterocycles. The van der Waals surface area contributed by atoms with Crippen LogP contribution in [-0.2, 0) is 4.79 Å². The molecule has 0 aromatic carbocycles. The molecule has 98 valence electrons. The number of imidazole rings is 1. The van der Waals surface area contributed by atoms with Crippen LogP contribution in [0.2, 0.25) is 0 Å². The molecule has 0 aliphatic rings. The summed E-state index contributed by atoms with van der Waals surface area (Å²) >= 11 is 3.66. The Bertz CT molecular complexity index is 635. The molecule has 6 heteroatoms. The zero-order valence-electron chi connectivity index (χ0n) is 10.6. The molecule has 2 aromatic rings. The van der Waals surface area contributed by atoms with E-state index in [4.69, 9.17) is 4.74 Å². The van der Waals surface area contributed by atoms with Crippen LogP contribution in [0.15, 0.2) is 30.7 Å². The molecule has 0 saturated carbocycles. The first-order chi connectivity index (χ1) is 9.10. The zero-order valence-corrected chi connectivity index (χ0v) is 11.5. The average Bonchev–Trinajstić information content (AvgIpc) is 2.82.